The Morgan fingerprint density at radius 3 is 2.35 bits per heavy atom. The quantitative estimate of drug-likeness (QED) is 0.309. The van der Waals surface area contributed by atoms with E-state index in [-0.39, 0.29) is 17.9 Å². The van der Waals surface area contributed by atoms with Crippen LogP contribution in [0, 0.1) is 6.92 Å². The summed E-state index contributed by atoms with van der Waals surface area (Å²) in [6.45, 7) is 10.6. The van der Waals surface area contributed by atoms with Crippen LogP contribution in [0.15, 0.2) is 72.9 Å². The summed E-state index contributed by atoms with van der Waals surface area (Å²) in [7, 11) is 0. The molecule has 2 N–H and O–H groups in total. The molecule has 6 nitrogen and oxygen atoms in total. The number of amides is 1. The van der Waals surface area contributed by atoms with Gasteiger partial charge in [0.05, 0.1) is 0 Å². The Bertz CT molecular complexity index is 1490. The zero-order chi connectivity index (χ0) is 26.7. The molecule has 0 bridgehead atoms. The van der Waals surface area contributed by atoms with Gasteiger partial charge in [-0.15, -0.1) is 0 Å². The van der Waals surface area contributed by atoms with E-state index in [1.54, 1.807) is 0 Å². The summed E-state index contributed by atoms with van der Waals surface area (Å²) >= 11 is 0. The van der Waals surface area contributed by atoms with Gasteiger partial charge in [0.15, 0.2) is 0 Å². The lowest BCUT2D eigenvalue weighted by Gasteiger charge is -2.26. The number of aryl methyl sites for hydroxylation is 1. The molecule has 0 unspecified atom stereocenters. The molecule has 1 aliphatic rings. The molecule has 0 spiro atoms. The van der Waals surface area contributed by atoms with Crippen LogP contribution in [0.2, 0.25) is 0 Å². The fourth-order valence-corrected chi connectivity index (χ4v) is 4.88. The van der Waals surface area contributed by atoms with Gasteiger partial charge in [0.1, 0.15) is 12.4 Å². The van der Waals surface area contributed by atoms with Crippen molar-refractivity contribution in [2.24, 2.45) is 0 Å². The molecule has 3 aromatic carbocycles. The molecule has 0 fully saturated rings. The fourth-order valence-electron chi connectivity index (χ4n) is 4.88. The summed E-state index contributed by atoms with van der Waals surface area (Å²) in [6, 6.07) is 22.9. The van der Waals surface area contributed by atoms with Gasteiger partial charge in [-0.25, -0.2) is 0 Å². The van der Waals surface area contributed by atoms with Crippen molar-refractivity contribution in [1.82, 2.24) is 4.57 Å². The molecule has 190 valence electrons. The first-order valence-corrected chi connectivity index (χ1v) is 12.2. The third kappa shape index (κ3) is 5.14. The topological polar surface area (TPSA) is 80.6 Å². The number of carbonyl (C=O) groups excluding carboxylic acids is 1. The SMILES string of the molecule is CC(=O)Nc1ccc(C2=C(c3cn(C(C)(C)C)c4ccccc34)COc3cccc(C)c32)cc1.O=CO. The number of hydrogen-bond donors (Lipinski definition) is 2. The van der Waals surface area contributed by atoms with Crippen LogP contribution >= 0.6 is 0 Å². The van der Waals surface area contributed by atoms with Crippen LogP contribution in [-0.4, -0.2) is 28.7 Å². The second kappa shape index (κ2) is 10.3. The van der Waals surface area contributed by atoms with E-state index in [0.717, 1.165) is 22.6 Å². The summed E-state index contributed by atoms with van der Waals surface area (Å²) in [5, 5.41) is 11.0. The molecule has 4 aromatic rings. The lowest BCUT2D eigenvalue weighted by Crippen LogP contribution is -2.20. The Labute approximate surface area is 217 Å². The normalized spacial score (nSPS) is 12.8. The Morgan fingerprint density at radius 1 is 1.03 bits per heavy atom. The monoisotopic (exact) mass is 496 g/mol. The smallest absolute Gasteiger partial charge is 0.290 e. The van der Waals surface area contributed by atoms with Crippen molar-refractivity contribution in [2.75, 3.05) is 11.9 Å². The van der Waals surface area contributed by atoms with Crippen LogP contribution in [0.5, 0.6) is 5.75 Å². The first-order valence-electron chi connectivity index (χ1n) is 12.2. The molecule has 2 heterocycles. The largest absolute Gasteiger partial charge is 0.488 e. The molecule has 0 aliphatic carbocycles. The van der Waals surface area contributed by atoms with Crippen LogP contribution in [-0.2, 0) is 15.1 Å². The first-order chi connectivity index (χ1) is 17.7. The standard InChI is InChI=1S/C30H30N2O2.CH2O2/c1-19-9-8-12-27-28(19)29(21-13-15-22(16-14-21)31-20(2)33)25(18-34-27)24-17-32(30(3,4)5)26-11-7-6-10-23(24)26;2-1-3/h6-17H,18H2,1-5H3,(H,31,33);1H,(H,2,3). The second-order valence-corrected chi connectivity index (χ2v) is 10.1. The van der Waals surface area contributed by atoms with E-state index in [4.69, 9.17) is 14.6 Å². The maximum Gasteiger partial charge on any atom is 0.290 e. The molecular formula is C31H32N2O4. The zero-order valence-electron chi connectivity index (χ0n) is 21.8. The van der Waals surface area contributed by atoms with Crippen molar-refractivity contribution < 1.29 is 19.4 Å². The van der Waals surface area contributed by atoms with Crippen LogP contribution in [0.1, 0.15) is 49.9 Å². The van der Waals surface area contributed by atoms with Crippen molar-refractivity contribution in [3.63, 3.8) is 0 Å². The van der Waals surface area contributed by atoms with E-state index in [1.165, 1.54) is 40.1 Å². The molecule has 0 radical (unpaired) electrons. The number of ether oxygens (including phenoxy) is 1. The number of aromatic nitrogens is 1. The van der Waals surface area contributed by atoms with E-state index in [9.17, 15) is 4.79 Å². The van der Waals surface area contributed by atoms with E-state index in [0.29, 0.717) is 6.61 Å². The average Bonchev–Trinajstić information content (AvgIpc) is 3.25. The number of para-hydroxylation sites is 1. The molecule has 1 aromatic heterocycles. The molecule has 1 amide bonds. The average molecular weight is 497 g/mol. The molecule has 6 heteroatoms. The third-order valence-electron chi connectivity index (χ3n) is 6.41. The number of carboxylic acid groups (broad SMARTS) is 1. The van der Waals surface area contributed by atoms with Gasteiger partial charge in [-0.3, -0.25) is 9.59 Å². The predicted molar refractivity (Wildman–Crippen MR) is 149 cm³/mol. The minimum atomic E-state index is -0.250. The number of anilines is 1. The van der Waals surface area contributed by atoms with Crippen LogP contribution in [0.3, 0.4) is 0 Å². The number of fused-ring (bicyclic) bond motifs is 2. The van der Waals surface area contributed by atoms with Crippen molar-refractivity contribution in [1.29, 1.82) is 0 Å². The van der Waals surface area contributed by atoms with E-state index in [2.05, 4.69) is 86.2 Å². The van der Waals surface area contributed by atoms with E-state index < -0.39 is 0 Å². The van der Waals surface area contributed by atoms with Crippen molar-refractivity contribution in [3.8, 4) is 5.75 Å². The lowest BCUT2D eigenvalue weighted by molar-refractivity contribution is -0.123. The highest BCUT2D eigenvalue weighted by Crippen LogP contribution is 2.45. The number of nitrogens with zero attached hydrogens (tertiary/aromatic N) is 1. The van der Waals surface area contributed by atoms with Crippen LogP contribution in [0.25, 0.3) is 22.0 Å². The van der Waals surface area contributed by atoms with Gasteiger partial charge in [0, 0.05) is 57.5 Å². The fraction of sp³-hybridized carbons (Fsp3) is 0.226. The maximum absolute atomic E-state index is 11.5. The molecule has 0 saturated carbocycles. The number of nitrogens with one attached hydrogen (secondary N) is 1. The van der Waals surface area contributed by atoms with Crippen LogP contribution < -0.4 is 10.1 Å². The van der Waals surface area contributed by atoms with Crippen LogP contribution in [0.4, 0.5) is 5.69 Å². The Morgan fingerprint density at radius 2 is 1.70 bits per heavy atom. The summed E-state index contributed by atoms with van der Waals surface area (Å²) < 4.78 is 8.68. The van der Waals surface area contributed by atoms with Gasteiger partial charge in [-0.1, -0.05) is 42.5 Å². The Kier molecular flexibility index (Phi) is 7.21. The molecule has 0 saturated heterocycles. The molecule has 0 atom stereocenters. The third-order valence-corrected chi connectivity index (χ3v) is 6.41. The number of rotatable bonds is 3. The predicted octanol–water partition coefficient (Wildman–Crippen LogP) is 6.72. The van der Waals surface area contributed by atoms with Gasteiger partial charge in [0.2, 0.25) is 5.91 Å². The maximum atomic E-state index is 11.5. The summed E-state index contributed by atoms with van der Waals surface area (Å²) in [6.07, 6.45) is 2.28. The molecule has 37 heavy (non-hydrogen) atoms. The minimum Gasteiger partial charge on any atom is -0.488 e. The first kappa shape index (κ1) is 25.8. The summed E-state index contributed by atoms with van der Waals surface area (Å²) in [5.41, 5.74) is 8.92. The van der Waals surface area contributed by atoms with E-state index >= 15 is 0 Å². The van der Waals surface area contributed by atoms with E-state index in [1.807, 2.05) is 24.3 Å². The van der Waals surface area contributed by atoms with Crippen molar-refractivity contribution in [2.45, 2.75) is 40.2 Å². The Hall–Kier alpha value is -4.32. The number of benzene rings is 3. The molecular weight excluding hydrogens is 464 g/mol. The molecule has 1 aliphatic heterocycles. The van der Waals surface area contributed by atoms with Gasteiger partial charge >= 0.3 is 0 Å². The summed E-state index contributed by atoms with van der Waals surface area (Å²) in [4.78, 5) is 19.9. The second-order valence-electron chi connectivity index (χ2n) is 10.1. The van der Waals surface area contributed by atoms with Gasteiger partial charge in [-0.05, 0) is 63.1 Å². The van der Waals surface area contributed by atoms with Gasteiger partial charge in [0.25, 0.3) is 6.47 Å². The highest BCUT2D eigenvalue weighted by Gasteiger charge is 2.27. The lowest BCUT2D eigenvalue weighted by atomic mass is 9.85. The highest BCUT2D eigenvalue weighted by atomic mass is 16.5. The molecule has 5 rings (SSSR count). The zero-order valence-corrected chi connectivity index (χ0v) is 21.8. The Balaban J connectivity index is 0.00000102. The summed E-state index contributed by atoms with van der Waals surface area (Å²) in [5.74, 6) is 0.833. The minimum absolute atomic E-state index is 0.0536. The van der Waals surface area contributed by atoms with Gasteiger partial charge in [-0.2, -0.15) is 0 Å². The van der Waals surface area contributed by atoms with Crippen molar-refractivity contribution >= 4 is 40.1 Å². The van der Waals surface area contributed by atoms with Crippen molar-refractivity contribution in [3.05, 3.63) is 95.2 Å². The highest BCUT2D eigenvalue weighted by molar-refractivity contribution is 6.07. The van der Waals surface area contributed by atoms with Gasteiger partial charge < -0.3 is 19.7 Å². The number of carbonyl (C=O) groups is 2. The number of hydrogen-bond acceptors (Lipinski definition) is 3.